The van der Waals surface area contributed by atoms with Crippen LogP contribution in [0.1, 0.15) is 35.6 Å². The molecule has 13 heteroatoms. The molecule has 0 bridgehead atoms. The van der Waals surface area contributed by atoms with Crippen LogP contribution in [0, 0.1) is 16.0 Å². The maximum atomic E-state index is 13.8. The number of aromatic nitrogens is 2. The summed E-state index contributed by atoms with van der Waals surface area (Å²) < 4.78 is 1.44. The Morgan fingerprint density at radius 1 is 1.05 bits per heavy atom. The van der Waals surface area contributed by atoms with Gasteiger partial charge in [0.05, 0.1) is 21.6 Å². The normalized spacial score (nSPS) is 22.5. The number of rotatable bonds is 5. The Labute approximate surface area is 230 Å². The van der Waals surface area contributed by atoms with Crippen LogP contribution in [0.3, 0.4) is 0 Å². The highest BCUT2D eigenvalue weighted by Crippen LogP contribution is 2.53. The molecule has 0 radical (unpaired) electrons. The molecule has 2 fully saturated rings. The molecular formula is C26H23N5O6S2. The van der Waals surface area contributed by atoms with Crippen molar-refractivity contribution in [1.82, 2.24) is 14.5 Å². The van der Waals surface area contributed by atoms with Gasteiger partial charge in [-0.25, -0.2) is 4.90 Å². The highest BCUT2D eigenvalue weighted by Gasteiger charge is 2.57. The SMILES string of the molecule is O=C(Cn1c2c(sc1=O)[C@@H](c1cccnc1)[C@@H]1C(=O)N(c3ccc([N+](=O)[O-])cc3)C(=O)[C@@H]1S2)N1CCCCC1. The number of nitro benzene ring substituents is 1. The number of pyridine rings is 1. The van der Waals surface area contributed by atoms with Crippen LogP contribution in [0.15, 0.2) is 58.6 Å². The van der Waals surface area contributed by atoms with Gasteiger partial charge in [0.1, 0.15) is 11.8 Å². The van der Waals surface area contributed by atoms with Gasteiger partial charge in [-0.15, -0.1) is 0 Å². The van der Waals surface area contributed by atoms with Crippen LogP contribution in [-0.2, 0) is 20.9 Å². The number of likely N-dealkylation sites (tertiary alicyclic amines) is 1. The van der Waals surface area contributed by atoms with Crippen LogP contribution in [0.5, 0.6) is 0 Å². The molecule has 3 aliphatic heterocycles. The summed E-state index contributed by atoms with van der Waals surface area (Å²) in [6.07, 6.45) is 6.17. The molecule has 1 aromatic carbocycles. The van der Waals surface area contributed by atoms with E-state index < -0.39 is 33.8 Å². The van der Waals surface area contributed by atoms with Gasteiger partial charge in [0, 0.05) is 48.4 Å². The third-order valence-electron chi connectivity index (χ3n) is 7.41. The largest absolute Gasteiger partial charge is 0.341 e. The second-order valence-electron chi connectivity index (χ2n) is 9.68. The first kappa shape index (κ1) is 25.4. The van der Waals surface area contributed by atoms with Crippen LogP contribution in [0.2, 0.25) is 0 Å². The molecule has 0 unspecified atom stereocenters. The van der Waals surface area contributed by atoms with E-state index in [1.807, 2.05) is 6.07 Å². The Bertz CT molecular complexity index is 1530. The fraction of sp³-hybridized carbons (Fsp3) is 0.346. The number of nitrogens with zero attached hydrogens (tertiary/aromatic N) is 5. The van der Waals surface area contributed by atoms with E-state index in [2.05, 4.69) is 4.98 Å². The molecule has 0 saturated carbocycles. The number of fused-ring (bicyclic) bond motifs is 2. The van der Waals surface area contributed by atoms with Gasteiger partial charge in [-0.05, 0) is 43.0 Å². The molecule has 3 amide bonds. The molecule has 6 rings (SSSR count). The molecule has 3 atom stereocenters. The van der Waals surface area contributed by atoms with Crippen molar-refractivity contribution in [2.24, 2.45) is 5.92 Å². The number of hydrogen-bond acceptors (Lipinski definition) is 9. The molecular weight excluding hydrogens is 542 g/mol. The monoisotopic (exact) mass is 565 g/mol. The number of thiazole rings is 1. The van der Waals surface area contributed by atoms with E-state index in [0.717, 1.165) is 47.3 Å². The second kappa shape index (κ2) is 10.0. The molecule has 200 valence electrons. The minimum absolute atomic E-state index is 0.122. The minimum atomic E-state index is -0.837. The number of benzene rings is 1. The second-order valence-corrected chi connectivity index (χ2v) is 11.8. The van der Waals surface area contributed by atoms with Crippen LogP contribution in [0.25, 0.3) is 0 Å². The van der Waals surface area contributed by atoms with Gasteiger partial charge < -0.3 is 4.90 Å². The number of carbonyl (C=O) groups excluding carboxylic acids is 3. The van der Waals surface area contributed by atoms with Gasteiger partial charge >= 0.3 is 4.87 Å². The molecule has 11 nitrogen and oxygen atoms in total. The zero-order valence-electron chi connectivity index (χ0n) is 20.6. The van der Waals surface area contributed by atoms with Gasteiger partial charge in [-0.2, -0.15) is 0 Å². The Kier molecular flexibility index (Phi) is 6.55. The van der Waals surface area contributed by atoms with Crippen LogP contribution >= 0.6 is 23.1 Å². The number of non-ortho nitro benzene ring substituents is 1. The molecule has 3 aromatic rings. The molecule has 2 saturated heterocycles. The van der Waals surface area contributed by atoms with Crippen molar-refractivity contribution in [3.63, 3.8) is 0 Å². The fourth-order valence-electron chi connectivity index (χ4n) is 5.53. The predicted molar refractivity (Wildman–Crippen MR) is 144 cm³/mol. The lowest BCUT2D eigenvalue weighted by Gasteiger charge is -2.31. The maximum absolute atomic E-state index is 13.8. The van der Waals surface area contributed by atoms with E-state index >= 15 is 0 Å². The summed E-state index contributed by atoms with van der Waals surface area (Å²) in [5.74, 6) is -2.46. The first-order valence-electron chi connectivity index (χ1n) is 12.6. The summed E-state index contributed by atoms with van der Waals surface area (Å²) in [5.41, 5.74) is 0.788. The third-order valence-corrected chi connectivity index (χ3v) is 10.0. The van der Waals surface area contributed by atoms with Crippen molar-refractivity contribution in [1.29, 1.82) is 0 Å². The highest BCUT2D eigenvalue weighted by atomic mass is 32.2. The zero-order valence-corrected chi connectivity index (χ0v) is 22.2. The van der Waals surface area contributed by atoms with Crippen molar-refractivity contribution >= 4 is 52.2 Å². The van der Waals surface area contributed by atoms with E-state index in [4.69, 9.17) is 0 Å². The first-order chi connectivity index (χ1) is 18.8. The highest BCUT2D eigenvalue weighted by molar-refractivity contribution is 8.00. The summed E-state index contributed by atoms with van der Waals surface area (Å²) in [4.78, 5) is 71.8. The number of anilines is 1. The molecule has 39 heavy (non-hydrogen) atoms. The number of piperidine rings is 1. The van der Waals surface area contributed by atoms with Crippen molar-refractivity contribution in [3.8, 4) is 0 Å². The van der Waals surface area contributed by atoms with Gasteiger partial charge in [0.2, 0.25) is 17.7 Å². The van der Waals surface area contributed by atoms with Gasteiger partial charge in [-0.3, -0.25) is 38.8 Å². The molecule has 0 aliphatic carbocycles. The Morgan fingerprint density at radius 2 is 1.79 bits per heavy atom. The van der Waals surface area contributed by atoms with Crippen LogP contribution < -0.4 is 9.77 Å². The number of thioether (sulfide) groups is 1. The summed E-state index contributed by atoms with van der Waals surface area (Å²) in [6.45, 7) is 1.20. The number of nitro groups is 1. The average molecular weight is 566 g/mol. The van der Waals surface area contributed by atoms with E-state index in [1.54, 1.807) is 23.4 Å². The van der Waals surface area contributed by atoms with E-state index in [9.17, 15) is 29.3 Å². The van der Waals surface area contributed by atoms with E-state index in [0.29, 0.717) is 28.6 Å². The average Bonchev–Trinajstić information content (AvgIpc) is 3.40. The molecule has 0 N–H and O–H groups in total. The van der Waals surface area contributed by atoms with Crippen LogP contribution in [-0.4, -0.2) is 55.4 Å². The lowest BCUT2D eigenvalue weighted by atomic mass is 9.84. The van der Waals surface area contributed by atoms with E-state index in [-0.39, 0.29) is 28.7 Å². The van der Waals surface area contributed by atoms with E-state index in [1.165, 1.54) is 28.8 Å². The maximum Gasteiger partial charge on any atom is 0.308 e. The Hall–Kier alpha value is -3.84. The van der Waals surface area contributed by atoms with Crippen molar-refractivity contribution < 1.29 is 19.3 Å². The smallest absolute Gasteiger partial charge is 0.308 e. The number of hydrogen-bond donors (Lipinski definition) is 0. The standard InChI is InChI=1S/C26H23N5O6S2/c32-18(28-11-2-1-3-12-28)14-29-25-22(39-26(29)35)19(15-5-4-10-27-13-15)20-21(38-25)24(34)30(23(20)33)16-6-8-17(9-7-16)31(36)37/h4-10,13,19-21H,1-3,11-12,14H2/t19-,20-,21+/m0/s1. The van der Waals surface area contributed by atoms with Gasteiger partial charge in [0.25, 0.3) is 5.69 Å². The number of carbonyl (C=O) groups is 3. The number of amides is 3. The van der Waals surface area contributed by atoms with Crippen molar-refractivity contribution in [2.45, 2.75) is 42.0 Å². The summed E-state index contributed by atoms with van der Waals surface area (Å²) >= 11 is 2.14. The van der Waals surface area contributed by atoms with Crippen molar-refractivity contribution in [2.75, 3.05) is 18.0 Å². The van der Waals surface area contributed by atoms with Gasteiger partial charge in [-0.1, -0.05) is 29.2 Å². The predicted octanol–water partition coefficient (Wildman–Crippen LogP) is 3.02. The van der Waals surface area contributed by atoms with Crippen molar-refractivity contribution in [3.05, 3.63) is 79.0 Å². The summed E-state index contributed by atoms with van der Waals surface area (Å²) in [7, 11) is 0. The quantitative estimate of drug-likeness (QED) is 0.262. The lowest BCUT2D eigenvalue weighted by molar-refractivity contribution is -0.384. The minimum Gasteiger partial charge on any atom is -0.341 e. The summed E-state index contributed by atoms with van der Waals surface area (Å²) in [6, 6.07) is 8.83. The first-order valence-corrected chi connectivity index (χ1v) is 14.2. The Morgan fingerprint density at radius 3 is 2.46 bits per heavy atom. The number of imide groups is 1. The topological polar surface area (TPSA) is 136 Å². The fourth-order valence-corrected chi connectivity index (χ4v) is 8.30. The molecule has 3 aliphatic rings. The molecule has 2 aromatic heterocycles. The Balaban J connectivity index is 1.40. The molecule has 5 heterocycles. The van der Waals surface area contributed by atoms with Gasteiger partial charge in [0.15, 0.2) is 0 Å². The zero-order chi connectivity index (χ0) is 27.3. The lowest BCUT2D eigenvalue weighted by Crippen LogP contribution is -2.39. The summed E-state index contributed by atoms with van der Waals surface area (Å²) in [5, 5.41) is 10.8. The molecule has 0 spiro atoms. The van der Waals surface area contributed by atoms with Crippen LogP contribution in [0.4, 0.5) is 11.4 Å². The third kappa shape index (κ3) is 4.35.